The zero-order chi connectivity index (χ0) is 38.3. The van der Waals surface area contributed by atoms with Gasteiger partial charge in [-0.25, -0.2) is 0 Å². The van der Waals surface area contributed by atoms with Crippen LogP contribution in [0, 0.1) is 0 Å². The number of benzene rings is 3. The van der Waals surface area contributed by atoms with Crippen molar-refractivity contribution in [1.29, 1.82) is 0 Å². The van der Waals surface area contributed by atoms with Crippen LogP contribution in [0.2, 0.25) is 4.48 Å². The van der Waals surface area contributed by atoms with Crippen LogP contribution in [0.4, 0.5) is 11.4 Å². The van der Waals surface area contributed by atoms with Crippen LogP contribution in [0.15, 0.2) is 79.8 Å². The summed E-state index contributed by atoms with van der Waals surface area (Å²) in [7, 11) is 0. The molecule has 1 aromatic heterocycles. The fraction of sp³-hybridized carbons (Fsp3) is 0.400. The average molecular weight is 1130 g/mol. The second-order valence-electron chi connectivity index (χ2n) is 16.4. The van der Waals surface area contributed by atoms with Crippen LogP contribution in [0.3, 0.4) is 0 Å². The van der Waals surface area contributed by atoms with Crippen LogP contribution in [-0.2, 0) is 38.5 Å². The number of allylic oxidation sites excluding steroid dienone is 8. The molecule has 6 heteroatoms. The minimum absolute atomic E-state index is 0.949. The van der Waals surface area contributed by atoms with E-state index in [0.717, 1.165) is 76.3 Å². The van der Waals surface area contributed by atoms with Crippen molar-refractivity contribution in [3.05, 3.63) is 125 Å². The van der Waals surface area contributed by atoms with E-state index < -0.39 is 0 Å². The van der Waals surface area contributed by atoms with E-state index in [1.807, 2.05) is 6.26 Å². The first-order valence-electron chi connectivity index (χ1n) is 21.4. The second-order valence-corrected chi connectivity index (χ2v) is 18.4. The van der Waals surface area contributed by atoms with E-state index in [1.165, 1.54) is 189 Å². The van der Waals surface area contributed by atoms with Gasteiger partial charge in [0.15, 0.2) is 0 Å². The van der Waals surface area contributed by atoms with Crippen molar-refractivity contribution in [2.45, 2.75) is 102 Å². The molecular weight excluding hydrogens is 1070 g/mol. The predicted octanol–water partition coefficient (Wildman–Crippen LogP) is 11.1. The Morgan fingerprint density at radius 3 is 2.09 bits per heavy atom. The number of anilines is 2. The molecule has 0 bridgehead atoms. The molecule has 0 atom stereocenters. The van der Waals surface area contributed by atoms with Crippen molar-refractivity contribution in [2.75, 3.05) is 36.0 Å². The summed E-state index contributed by atoms with van der Waals surface area (Å²) in [6.07, 6.45) is 29.1. The first-order chi connectivity index (χ1) is 27.6. The standard InChI is InChI=1S/C49H52N2O2.CH3.2Pb/c1-3-32-26-33(4-2)28-40(27-32)45-35(17-16-34-20-25-52-48-41-14-8-23-50-21-6-12-37(46(41)50)29-43(34)48)10-5-11-36(45)18-19-39-31-53-49-42-15-9-24-51-22-7-13-38(47(42)51)30-44(39)49;;;/h16-20,26-31,52H,3-15,21-24H2,1-2H3;1H3;;/q+1;;;/b19-18+,34-16+,35-17+;;;. The van der Waals surface area contributed by atoms with Gasteiger partial charge in [0, 0.05) is 24.3 Å². The molecule has 4 aromatic rings. The van der Waals surface area contributed by atoms with Crippen LogP contribution in [-0.4, -0.2) is 82.5 Å². The Kier molecular flexibility index (Phi) is 11.6. The molecule has 0 amide bonds. The number of rotatable bonds is 6. The quantitative estimate of drug-likeness (QED) is 0.142. The zero-order valence-corrected chi connectivity index (χ0v) is 41.4. The molecule has 5 aliphatic heterocycles. The van der Waals surface area contributed by atoms with Crippen molar-refractivity contribution in [3.8, 4) is 5.75 Å². The van der Waals surface area contributed by atoms with Crippen LogP contribution in [0.1, 0.15) is 109 Å². The van der Waals surface area contributed by atoms with Crippen molar-refractivity contribution < 1.29 is 9.15 Å². The third-order valence-electron chi connectivity index (χ3n) is 13.0. The van der Waals surface area contributed by atoms with Gasteiger partial charge in [-0.2, -0.15) is 0 Å². The maximum absolute atomic E-state index is 6.43. The molecule has 6 aliphatic rings. The maximum atomic E-state index is 6.43. The fourth-order valence-corrected chi connectivity index (χ4v) is 11.6. The van der Waals surface area contributed by atoms with Crippen molar-refractivity contribution in [3.63, 3.8) is 0 Å². The number of hydrogen-bond donors (Lipinski definition) is 0. The minimum atomic E-state index is 0.949. The molecule has 6 radical (unpaired) electrons. The Balaban J connectivity index is 0.00000202. The monoisotopic (exact) mass is 1130 g/mol. The molecule has 0 saturated heterocycles. The molecule has 0 fully saturated rings. The molecule has 0 unspecified atom stereocenters. The number of aromatic hydroxyl groups is 1. The summed E-state index contributed by atoms with van der Waals surface area (Å²) in [4.78, 5) is 5.26. The molecule has 1 N–H and O–H groups in total. The Bertz CT molecular complexity index is 2330. The topological polar surface area (TPSA) is 32.4 Å². The summed E-state index contributed by atoms with van der Waals surface area (Å²) in [6, 6.07) is 12.3. The number of fused-ring (bicyclic) bond motifs is 4. The van der Waals surface area contributed by atoms with Gasteiger partial charge < -0.3 is 9.32 Å². The van der Waals surface area contributed by atoms with E-state index in [0.29, 0.717) is 0 Å². The van der Waals surface area contributed by atoms with Gasteiger partial charge in [0.1, 0.15) is 5.58 Å². The van der Waals surface area contributed by atoms with Crippen molar-refractivity contribution >= 4 is 91.1 Å². The van der Waals surface area contributed by atoms with Crippen molar-refractivity contribution in [2.24, 2.45) is 0 Å². The first-order valence-corrected chi connectivity index (χ1v) is 27.2. The van der Waals surface area contributed by atoms with Crippen LogP contribution >= 0.6 is 0 Å². The Hall–Kier alpha value is -2.86. The van der Waals surface area contributed by atoms with Gasteiger partial charge in [0.25, 0.3) is 0 Å². The van der Waals surface area contributed by atoms with Crippen molar-refractivity contribution in [1.82, 2.24) is 0 Å². The van der Waals surface area contributed by atoms with Crippen LogP contribution < -0.4 is 9.80 Å². The summed E-state index contributed by atoms with van der Waals surface area (Å²) in [5.74, 6) is 1.26. The molecule has 0 spiro atoms. The van der Waals surface area contributed by atoms with Crippen LogP contribution in [0.25, 0.3) is 28.2 Å². The van der Waals surface area contributed by atoms with Gasteiger partial charge in [0.2, 0.25) is 0 Å². The van der Waals surface area contributed by atoms with Gasteiger partial charge >= 0.3 is 293 Å². The SMILES string of the molecule is CCc1cc(CC)cc(C2=C(/C=C/c3coc4c5c6c(cc34)CCCN6CCC5)CCC/C2=C\C=C2/C=[C]([Pb])[OH+]c3c2cc2c4c3CCCN4CCC2)c1.[CH3][Pb]. The van der Waals surface area contributed by atoms with Crippen LogP contribution in [0.5, 0.6) is 5.75 Å². The summed E-state index contributed by atoms with van der Waals surface area (Å²) in [6.45, 7) is 9.34. The molecule has 3 aromatic carbocycles. The Morgan fingerprint density at radius 2 is 1.38 bits per heavy atom. The third-order valence-corrected chi connectivity index (χ3v) is 14.0. The number of aliphatic hydroxyl groups is 1. The summed E-state index contributed by atoms with van der Waals surface area (Å²) < 4.78 is 15.1. The summed E-state index contributed by atoms with van der Waals surface area (Å²) in [5, 5.41) is 1.29. The van der Waals surface area contributed by atoms with E-state index >= 15 is 0 Å². The number of ether oxygens (including phenoxy) is 1. The number of aryl methyl sites for hydroxylation is 5. The molecule has 284 valence electrons. The van der Waals surface area contributed by atoms with Gasteiger partial charge in [-0.3, -0.25) is 0 Å². The molecule has 0 saturated carbocycles. The second kappa shape index (κ2) is 16.8. The Morgan fingerprint density at radius 1 is 0.714 bits per heavy atom. The van der Waals surface area contributed by atoms with Gasteiger partial charge in [-0.05, 0) is 37.3 Å². The zero-order valence-electron chi connectivity index (χ0n) is 33.6. The van der Waals surface area contributed by atoms with E-state index in [2.05, 4.69) is 88.8 Å². The Labute approximate surface area is 366 Å². The molecule has 1 aliphatic carbocycles. The van der Waals surface area contributed by atoms with Gasteiger partial charge in [-0.15, -0.1) is 0 Å². The average Bonchev–Trinajstić information content (AvgIpc) is 3.66. The van der Waals surface area contributed by atoms with E-state index in [1.54, 1.807) is 0 Å². The van der Waals surface area contributed by atoms with E-state index in [4.69, 9.17) is 9.15 Å². The fourth-order valence-electron chi connectivity index (χ4n) is 10.5. The van der Waals surface area contributed by atoms with E-state index in [9.17, 15) is 0 Å². The molecule has 10 rings (SSSR count). The molecule has 4 nitrogen and oxygen atoms in total. The normalized spacial score (nSPS) is 20.1. The number of hydrogen-bond acceptors (Lipinski definition) is 3. The molecule has 56 heavy (non-hydrogen) atoms. The van der Waals surface area contributed by atoms with E-state index in [-0.39, 0.29) is 0 Å². The summed E-state index contributed by atoms with van der Waals surface area (Å²) >= 11 is 2.25. The number of nitrogens with zero attached hydrogens (tertiary/aromatic N) is 2. The van der Waals surface area contributed by atoms with Gasteiger partial charge in [0.05, 0.1) is 0 Å². The molecular formula is C50H55N2O2Pb2+. The molecule has 6 heterocycles. The predicted molar refractivity (Wildman–Crippen MR) is 239 cm³/mol. The first kappa shape index (κ1) is 38.7. The third kappa shape index (κ3) is 7.15. The van der Waals surface area contributed by atoms with Gasteiger partial charge in [-0.1, -0.05) is 0 Å². The summed E-state index contributed by atoms with van der Waals surface area (Å²) in [5.41, 5.74) is 22.6. The number of furan rings is 1.